The van der Waals surface area contributed by atoms with E-state index in [-0.39, 0.29) is 0 Å². The summed E-state index contributed by atoms with van der Waals surface area (Å²) in [5.41, 5.74) is 0. The highest BCUT2D eigenvalue weighted by Crippen LogP contribution is 2.17. The van der Waals surface area contributed by atoms with Gasteiger partial charge in [0.1, 0.15) is 0 Å². The van der Waals surface area contributed by atoms with Gasteiger partial charge in [0.15, 0.2) is 0 Å². The van der Waals surface area contributed by atoms with Gasteiger partial charge in [0.2, 0.25) is 0 Å². The van der Waals surface area contributed by atoms with Crippen molar-refractivity contribution >= 4 is 0 Å². The van der Waals surface area contributed by atoms with Crippen LogP contribution in [0.15, 0.2) is 12.2 Å². The van der Waals surface area contributed by atoms with Crippen LogP contribution >= 0.6 is 0 Å². The molecule has 1 heteroatoms. The first kappa shape index (κ1) is 14.7. The lowest BCUT2D eigenvalue weighted by Crippen LogP contribution is -2.01. The zero-order valence-electron chi connectivity index (χ0n) is 10.7. The van der Waals surface area contributed by atoms with E-state index >= 15 is 0 Å². The third-order valence-corrected chi connectivity index (χ3v) is 2.93. The Labute approximate surface area is 95.6 Å². The minimum Gasteiger partial charge on any atom is -0.396 e. The van der Waals surface area contributed by atoms with E-state index in [0.717, 1.165) is 12.3 Å². The van der Waals surface area contributed by atoms with Gasteiger partial charge >= 0.3 is 0 Å². The highest BCUT2D eigenvalue weighted by Gasteiger charge is 2.04. The number of unbranched alkanes of at least 4 members (excludes halogenated alkanes) is 1. The summed E-state index contributed by atoms with van der Waals surface area (Å²) in [5.74, 6) is 1.47. The number of allylic oxidation sites excluding steroid dienone is 2. The van der Waals surface area contributed by atoms with Crippen LogP contribution < -0.4 is 0 Å². The maximum Gasteiger partial charge on any atom is 0.0433 e. The summed E-state index contributed by atoms with van der Waals surface area (Å²) < 4.78 is 0. The second-order valence-corrected chi connectivity index (χ2v) is 4.80. The van der Waals surface area contributed by atoms with Gasteiger partial charge in [-0.05, 0) is 31.1 Å². The van der Waals surface area contributed by atoms with Gasteiger partial charge < -0.3 is 5.11 Å². The fourth-order valence-electron chi connectivity index (χ4n) is 1.66. The Bertz CT molecular complexity index is 151. The minimum absolute atomic E-state index is 0.339. The van der Waals surface area contributed by atoms with Gasteiger partial charge in [-0.15, -0.1) is 0 Å². The average Bonchev–Trinajstić information content (AvgIpc) is 2.22. The van der Waals surface area contributed by atoms with Gasteiger partial charge in [0.25, 0.3) is 0 Å². The summed E-state index contributed by atoms with van der Waals surface area (Å²) in [7, 11) is 0. The molecule has 0 aromatic carbocycles. The van der Waals surface area contributed by atoms with E-state index in [9.17, 15) is 0 Å². The standard InChI is InChI=1S/C14H28O/c1-4-5-6-7-8-13(2)9-10-14(3)11-12-15/h6-7,13-15H,4-5,8-12H2,1-3H3. The second kappa shape index (κ2) is 10.2. The fraction of sp³-hybridized carbons (Fsp3) is 0.857. The SMILES string of the molecule is CCCC=CCC(C)CCC(C)CCO. The first-order valence-corrected chi connectivity index (χ1v) is 6.46. The number of hydrogen-bond acceptors (Lipinski definition) is 1. The van der Waals surface area contributed by atoms with Crippen molar-refractivity contribution in [2.75, 3.05) is 6.61 Å². The van der Waals surface area contributed by atoms with Gasteiger partial charge in [-0.3, -0.25) is 0 Å². The van der Waals surface area contributed by atoms with E-state index in [1.165, 1.54) is 32.1 Å². The van der Waals surface area contributed by atoms with Gasteiger partial charge in [-0.25, -0.2) is 0 Å². The van der Waals surface area contributed by atoms with Crippen molar-refractivity contribution in [1.82, 2.24) is 0 Å². The summed E-state index contributed by atoms with van der Waals surface area (Å²) in [4.78, 5) is 0. The summed E-state index contributed by atoms with van der Waals surface area (Å²) in [6.07, 6.45) is 11.8. The third-order valence-electron chi connectivity index (χ3n) is 2.93. The lowest BCUT2D eigenvalue weighted by Gasteiger charge is -2.13. The predicted molar refractivity (Wildman–Crippen MR) is 67.9 cm³/mol. The van der Waals surface area contributed by atoms with Crippen molar-refractivity contribution < 1.29 is 5.11 Å². The Morgan fingerprint density at radius 1 is 1.00 bits per heavy atom. The fourth-order valence-corrected chi connectivity index (χ4v) is 1.66. The molecule has 0 rings (SSSR count). The van der Waals surface area contributed by atoms with Gasteiger partial charge in [0, 0.05) is 6.61 Å². The van der Waals surface area contributed by atoms with E-state index in [4.69, 9.17) is 5.11 Å². The van der Waals surface area contributed by atoms with E-state index in [0.29, 0.717) is 12.5 Å². The van der Waals surface area contributed by atoms with Gasteiger partial charge in [-0.1, -0.05) is 52.2 Å². The van der Waals surface area contributed by atoms with Crippen LogP contribution in [0, 0.1) is 11.8 Å². The van der Waals surface area contributed by atoms with Crippen LogP contribution in [0.4, 0.5) is 0 Å². The van der Waals surface area contributed by atoms with Gasteiger partial charge in [-0.2, -0.15) is 0 Å². The Kier molecular flexibility index (Phi) is 10.0. The molecule has 15 heavy (non-hydrogen) atoms. The summed E-state index contributed by atoms with van der Waals surface area (Å²) in [6, 6.07) is 0. The van der Waals surface area contributed by atoms with Crippen LogP contribution in [0.1, 0.15) is 59.3 Å². The maximum atomic E-state index is 8.79. The lowest BCUT2D eigenvalue weighted by atomic mass is 9.94. The molecule has 2 atom stereocenters. The maximum absolute atomic E-state index is 8.79. The quantitative estimate of drug-likeness (QED) is 0.569. The molecule has 0 saturated heterocycles. The molecule has 0 aromatic rings. The number of rotatable bonds is 9. The molecule has 0 radical (unpaired) electrons. The van der Waals surface area contributed by atoms with Crippen molar-refractivity contribution in [1.29, 1.82) is 0 Å². The predicted octanol–water partition coefficient (Wildman–Crippen LogP) is 4.17. The summed E-state index contributed by atoms with van der Waals surface area (Å²) in [6.45, 7) is 7.11. The van der Waals surface area contributed by atoms with Crippen molar-refractivity contribution in [3.63, 3.8) is 0 Å². The first-order chi connectivity index (χ1) is 7.20. The molecule has 0 spiro atoms. The zero-order chi connectivity index (χ0) is 11.5. The largest absolute Gasteiger partial charge is 0.396 e. The Hall–Kier alpha value is -0.300. The van der Waals surface area contributed by atoms with Crippen LogP contribution in [0.2, 0.25) is 0 Å². The highest BCUT2D eigenvalue weighted by molar-refractivity contribution is 4.82. The number of aliphatic hydroxyl groups excluding tert-OH is 1. The molecule has 0 aliphatic carbocycles. The molecule has 0 fully saturated rings. The van der Waals surface area contributed by atoms with E-state index in [1.807, 2.05) is 0 Å². The summed E-state index contributed by atoms with van der Waals surface area (Å²) >= 11 is 0. The van der Waals surface area contributed by atoms with Crippen molar-refractivity contribution in [2.24, 2.45) is 11.8 Å². The molecule has 0 saturated carbocycles. The molecule has 2 unspecified atom stereocenters. The normalized spacial score (nSPS) is 15.7. The van der Waals surface area contributed by atoms with E-state index < -0.39 is 0 Å². The molecule has 0 aliphatic rings. The van der Waals surface area contributed by atoms with Crippen LogP contribution in [-0.4, -0.2) is 11.7 Å². The number of aliphatic hydroxyl groups is 1. The molecule has 0 heterocycles. The highest BCUT2D eigenvalue weighted by atomic mass is 16.3. The van der Waals surface area contributed by atoms with Gasteiger partial charge in [0.05, 0.1) is 0 Å². The van der Waals surface area contributed by atoms with Crippen LogP contribution in [0.25, 0.3) is 0 Å². The molecule has 90 valence electrons. The Morgan fingerprint density at radius 2 is 1.67 bits per heavy atom. The van der Waals surface area contributed by atoms with Crippen molar-refractivity contribution in [3.8, 4) is 0 Å². The van der Waals surface area contributed by atoms with E-state index in [2.05, 4.69) is 32.9 Å². The number of hydrogen-bond donors (Lipinski definition) is 1. The second-order valence-electron chi connectivity index (χ2n) is 4.80. The molecule has 0 bridgehead atoms. The average molecular weight is 212 g/mol. The zero-order valence-corrected chi connectivity index (χ0v) is 10.7. The lowest BCUT2D eigenvalue weighted by molar-refractivity contribution is 0.253. The molecule has 1 N–H and O–H groups in total. The molecule has 0 aromatic heterocycles. The molecular formula is C14H28O. The monoisotopic (exact) mass is 212 g/mol. The van der Waals surface area contributed by atoms with Crippen molar-refractivity contribution in [3.05, 3.63) is 12.2 Å². The van der Waals surface area contributed by atoms with E-state index in [1.54, 1.807) is 0 Å². The Balaban J connectivity index is 3.43. The van der Waals surface area contributed by atoms with Crippen LogP contribution in [-0.2, 0) is 0 Å². The first-order valence-electron chi connectivity index (χ1n) is 6.46. The Morgan fingerprint density at radius 3 is 2.27 bits per heavy atom. The molecule has 0 aliphatic heterocycles. The molecule has 0 amide bonds. The summed E-state index contributed by atoms with van der Waals surface area (Å²) in [5, 5.41) is 8.79. The molecular weight excluding hydrogens is 184 g/mol. The smallest absolute Gasteiger partial charge is 0.0433 e. The van der Waals surface area contributed by atoms with Crippen molar-refractivity contribution in [2.45, 2.75) is 59.3 Å². The molecule has 1 nitrogen and oxygen atoms in total. The van der Waals surface area contributed by atoms with Crippen LogP contribution in [0.3, 0.4) is 0 Å². The third kappa shape index (κ3) is 9.99. The van der Waals surface area contributed by atoms with Crippen LogP contribution in [0.5, 0.6) is 0 Å². The minimum atomic E-state index is 0.339. The topological polar surface area (TPSA) is 20.2 Å².